The third-order valence-corrected chi connectivity index (χ3v) is 3.04. The zero-order valence-electron chi connectivity index (χ0n) is 12.0. The van der Waals surface area contributed by atoms with Crippen molar-refractivity contribution in [1.82, 2.24) is 5.53 Å². The molecule has 0 fully saturated rings. The standard InChI is InChI=1S/C16H16N3O2/c1-19(2)13-8-9-15(18-17)14(10-13)16(20)21-11-12-6-4-3-5-7-12/h3-10H,11H2,1-2H3. The molecule has 0 aliphatic rings. The van der Waals surface area contributed by atoms with Crippen LogP contribution in [0.3, 0.4) is 0 Å². The van der Waals surface area contributed by atoms with E-state index in [0.29, 0.717) is 0 Å². The maximum atomic E-state index is 12.2. The van der Waals surface area contributed by atoms with Gasteiger partial charge in [-0.25, -0.2) is 4.79 Å². The van der Waals surface area contributed by atoms with Crippen molar-refractivity contribution < 1.29 is 9.53 Å². The lowest BCUT2D eigenvalue weighted by Gasteiger charge is -2.14. The topological polar surface area (TPSA) is 64.2 Å². The minimum absolute atomic E-state index is 0.177. The first kappa shape index (κ1) is 14.7. The average Bonchev–Trinajstić information content (AvgIpc) is 2.52. The summed E-state index contributed by atoms with van der Waals surface area (Å²) in [6.45, 7) is 0.177. The van der Waals surface area contributed by atoms with Gasteiger partial charge in [0.15, 0.2) is 0 Å². The monoisotopic (exact) mass is 282 g/mol. The van der Waals surface area contributed by atoms with Crippen molar-refractivity contribution in [1.29, 1.82) is 0 Å². The van der Waals surface area contributed by atoms with Crippen LogP contribution < -0.4 is 10.4 Å². The van der Waals surface area contributed by atoms with Crippen molar-refractivity contribution in [2.45, 2.75) is 6.61 Å². The molecule has 1 radical (unpaired) electrons. The number of hydrogen-bond donors (Lipinski definition) is 0. The van der Waals surface area contributed by atoms with Gasteiger partial charge in [-0.3, -0.25) is 0 Å². The predicted octanol–water partition coefficient (Wildman–Crippen LogP) is 2.99. The number of hydrogen-bond acceptors (Lipinski definition) is 4. The van der Waals surface area contributed by atoms with Crippen molar-refractivity contribution >= 4 is 17.3 Å². The zero-order valence-corrected chi connectivity index (χ0v) is 12.0. The molecule has 0 bridgehead atoms. The van der Waals surface area contributed by atoms with Crippen LogP contribution >= 0.6 is 0 Å². The predicted molar refractivity (Wildman–Crippen MR) is 80.6 cm³/mol. The van der Waals surface area contributed by atoms with Crippen molar-refractivity contribution in [2.75, 3.05) is 19.0 Å². The normalized spacial score (nSPS) is 10.0. The molecule has 0 amide bonds. The van der Waals surface area contributed by atoms with Crippen LogP contribution in [0, 0.1) is 0 Å². The van der Waals surface area contributed by atoms with E-state index in [1.54, 1.807) is 18.2 Å². The molecule has 5 heteroatoms. The van der Waals surface area contributed by atoms with Gasteiger partial charge in [0.05, 0.1) is 5.56 Å². The Balaban J connectivity index is 2.17. The highest BCUT2D eigenvalue weighted by Gasteiger charge is 2.15. The van der Waals surface area contributed by atoms with Crippen LogP contribution in [0.25, 0.3) is 0 Å². The molecule has 107 valence electrons. The maximum Gasteiger partial charge on any atom is 0.340 e. The number of anilines is 1. The number of rotatable bonds is 5. The third-order valence-electron chi connectivity index (χ3n) is 3.04. The Hall–Kier alpha value is -2.69. The van der Waals surface area contributed by atoms with E-state index in [-0.39, 0.29) is 17.9 Å². The van der Waals surface area contributed by atoms with Crippen LogP contribution in [-0.4, -0.2) is 20.1 Å². The van der Waals surface area contributed by atoms with E-state index in [2.05, 4.69) is 5.11 Å². The summed E-state index contributed by atoms with van der Waals surface area (Å²) in [5.41, 5.74) is 11.1. The molecule has 0 N–H and O–H groups in total. The van der Waals surface area contributed by atoms with E-state index in [0.717, 1.165) is 11.3 Å². The summed E-state index contributed by atoms with van der Waals surface area (Å²) in [5, 5.41) is 3.13. The van der Waals surface area contributed by atoms with Gasteiger partial charge in [-0.05, 0) is 29.3 Å². The Kier molecular flexibility index (Phi) is 4.66. The fourth-order valence-corrected chi connectivity index (χ4v) is 1.85. The van der Waals surface area contributed by atoms with Gasteiger partial charge in [0.1, 0.15) is 12.3 Å². The van der Waals surface area contributed by atoms with Gasteiger partial charge in [0, 0.05) is 19.8 Å². The summed E-state index contributed by atoms with van der Waals surface area (Å²) < 4.78 is 5.26. The second-order valence-electron chi connectivity index (χ2n) is 4.76. The van der Waals surface area contributed by atoms with Crippen LogP contribution in [0.1, 0.15) is 15.9 Å². The minimum Gasteiger partial charge on any atom is -0.457 e. The number of benzene rings is 2. The zero-order chi connectivity index (χ0) is 15.2. The Morgan fingerprint density at radius 1 is 1.19 bits per heavy atom. The number of carbonyl (C=O) groups is 1. The number of nitrogens with zero attached hydrogens (tertiary/aromatic N) is 3. The third kappa shape index (κ3) is 3.66. The Morgan fingerprint density at radius 3 is 2.52 bits per heavy atom. The smallest absolute Gasteiger partial charge is 0.340 e. The second kappa shape index (κ2) is 6.65. The van der Waals surface area contributed by atoms with Gasteiger partial charge in [-0.1, -0.05) is 30.3 Å². The molecule has 2 aromatic carbocycles. The molecular formula is C16H16N3O2. The van der Waals surface area contributed by atoms with Crippen molar-refractivity contribution in [2.24, 2.45) is 5.11 Å². The highest BCUT2D eigenvalue weighted by molar-refractivity contribution is 5.96. The number of ether oxygens (including phenoxy) is 1. The summed E-state index contributed by atoms with van der Waals surface area (Å²) in [7, 11) is 3.73. The largest absolute Gasteiger partial charge is 0.457 e. The average molecular weight is 282 g/mol. The first-order valence-corrected chi connectivity index (χ1v) is 6.49. The number of esters is 1. The molecule has 0 saturated carbocycles. The van der Waals surface area contributed by atoms with Crippen LogP contribution in [0.5, 0.6) is 0 Å². The van der Waals surface area contributed by atoms with Gasteiger partial charge in [0.25, 0.3) is 0 Å². The summed E-state index contributed by atoms with van der Waals surface area (Å²) in [5.74, 6) is -0.518. The van der Waals surface area contributed by atoms with Crippen molar-refractivity contribution in [3.05, 3.63) is 59.7 Å². The molecule has 2 aromatic rings. The molecular weight excluding hydrogens is 266 g/mol. The Morgan fingerprint density at radius 2 is 1.90 bits per heavy atom. The second-order valence-corrected chi connectivity index (χ2v) is 4.76. The van der Waals surface area contributed by atoms with Gasteiger partial charge in [0.2, 0.25) is 0 Å². The van der Waals surface area contributed by atoms with Crippen LogP contribution in [0.4, 0.5) is 11.4 Å². The molecule has 5 nitrogen and oxygen atoms in total. The molecule has 0 unspecified atom stereocenters. The Labute approximate surface area is 123 Å². The van der Waals surface area contributed by atoms with E-state index in [9.17, 15) is 4.79 Å². The highest BCUT2D eigenvalue weighted by Crippen LogP contribution is 2.25. The number of carbonyl (C=O) groups excluding carboxylic acids is 1. The minimum atomic E-state index is -0.518. The van der Waals surface area contributed by atoms with Gasteiger partial charge < -0.3 is 9.64 Å². The molecule has 0 aliphatic heterocycles. The van der Waals surface area contributed by atoms with Crippen LogP contribution in [0.15, 0.2) is 53.6 Å². The van der Waals surface area contributed by atoms with Gasteiger partial charge >= 0.3 is 5.97 Å². The first-order chi connectivity index (χ1) is 10.1. The molecule has 0 saturated heterocycles. The van der Waals surface area contributed by atoms with E-state index >= 15 is 0 Å². The summed E-state index contributed by atoms with van der Waals surface area (Å²) in [6.07, 6.45) is 0. The molecule has 0 spiro atoms. The lowest BCUT2D eigenvalue weighted by atomic mass is 10.1. The Bertz CT molecular complexity index is 639. The van der Waals surface area contributed by atoms with Crippen molar-refractivity contribution in [3.63, 3.8) is 0 Å². The quantitative estimate of drug-likeness (QED) is 0.625. The fraction of sp³-hybridized carbons (Fsp3) is 0.188. The molecule has 2 rings (SSSR count). The van der Waals surface area contributed by atoms with E-state index in [4.69, 9.17) is 10.3 Å². The summed E-state index contributed by atoms with van der Waals surface area (Å²) in [4.78, 5) is 14.0. The molecule has 0 atom stereocenters. The molecule has 21 heavy (non-hydrogen) atoms. The maximum absolute atomic E-state index is 12.2. The van der Waals surface area contributed by atoms with Crippen molar-refractivity contribution in [3.8, 4) is 0 Å². The SMILES string of the molecule is CN(C)c1ccc(N=[N])c(C(=O)OCc2ccccc2)c1. The van der Waals surface area contributed by atoms with Gasteiger partial charge in [-0.15, -0.1) is 5.11 Å². The molecule has 0 aliphatic carbocycles. The van der Waals surface area contributed by atoms with E-state index in [1.807, 2.05) is 49.3 Å². The van der Waals surface area contributed by atoms with E-state index in [1.165, 1.54) is 0 Å². The lowest BCUT2D eigenvalue weighted by molar-refractivity contribution is 0.0473. The van der Waals surface area contributed by atoms with E-state index < -0.39 is 5.97 Å². The summed E-state index contributed by atoms with van der Waals surface area (Å²) >= 11 is 0. The fourth-order valence-electron chi connectivity index (χ4n) is 1.85. The first-order valence-electron chi connectivity index (χ1n) is 6.49. The van der Waals surface area contributed by atoms with Gasteiger partial charge in [-0.2, -0.15) is 0 Å². The summed E-state index contributed by atoms with van der Waals surface area (Å²) in [6, 6.07) is 14.4. The highest BCUT2D eigenvalue weighted by atomic mass is 16.5. The lowest BCUT2D eigenvalue weighted by Crippen LogP contribution is -2.11. The molecule has 0 heterocycles. The van der Waals surface area contributed by atoms with Crippen LogP contribution in [0.2, 0.25) is 0 Å². The van der Waals surface area contributed by atoms with Crippen LogP contribution in [-0.2, 0) is 11.3 Å². The molecule has 0 aromatic heterocycles.